The Hall–Kier alpha value is -1.75. The van der Waals surface area contributed by atoms with E-state index in [0.29, 0.717) is 18.9 Å². The topological polar surface area (TPSA) is 70.7 Å². The molecule has 1 aromatic carbocycles. The first kappa shape index (κ1) is 18.6. The van der Waals surface area contributed by atoms with Crippen molar-refractivity contribution in [2.75, 3.05) is 26.2 Å². The largest absolute Gasteiger partial charge is 0.370 e. The Kier molecular flexibility index (Phi) is 7.37. The van der Waals surface area contributed by atoms with Crippen molar-refractivity contribution in [1.29, 1.82) is 0 Å². The highest BCUT2D eigenvalue weighted by atomic mass is 35.5. The van der Waals surface area contributed by atoms with E-state index in [1.54, 1.807) is 0 Å². The van der Waals surface area contributed by atoms with Gasteiger partial charge in [0.2, 0.25) is 5.91 Å². The molecule has 1 unspecified atom stereocenters. The molecule has 24 heavy (non-hydrogen) atoms. The summed E-state index contributed by atoms with van der Waals surface area (Å²) in [4.78, 5) is 18.2. The number of hydrogen-bond donors (Lipinski definition) is 2. The molecule has 1 aromatic rings. The fraction of sp³-hybridized carbons (Fsp3) is 0.556. The maximum atomic E-state index is 11.2. The van der Waals surface area contributed by atoms with E-state index in [4.69, 9.17) is 22.3 Å². The molecule has 0 saturated carbocycles. The molecule has 1 atom stereocenters. The number of carbonyl (C=O) groups is 1. The van der Waals surface area contributed by atoms with Gasteiger partial charge in [-0.3, -0.25) is 9.79 Å². The smallest absolute Gasteiger partial charge is 0.217 e. The minimum Gasteiger partial charge on any atom is -0.370 e. The summed E-state index contributed by atoms with van der Waals surface area (Å²) in [6, 6.07) is 7.88. The van der Waals surface area contributed by atoms with Gasteiger partial charge < -0.3 is 16.0 Å². The van der Waals surface area contributed by atoms with Crippen molar-refractivity contribution >= 4 is 23.5 Å². The zero-order valence-corrected chi connectivity index (χ0v) is 15.1. The summed E-state index contributed by atoms with van der Waals surface area (Å²) in [5.41, 5.74) is 6.46. The lowest BCUT2D eigenvalue weighted by atomic mass is 9.95. The van der Waals surface area contributed by atoms with Gasteiger partial charge in [-0.05, 0) is 43.7 Å². The van der Waals surface area contributed by atoms with Crippen LogP contribution in [0, 0.1) is 5.92 Å². The van der Waals surface area contributed by atoms with Crippen molar-refractivity contribution in [2.24, 2.45) is 16.6 Å². The average molecular weight is 351 g/mol. The van der Waals surface area contributed by atoms with Gasteiger partial charge in [-0.2, -0.15) is 0 Å². The van der Waals surface area contributed by atoms with Crippen LogP contribution in [0.4, 0.5) is 0 Å². The van der Waals surface area contributed by atoms with E-state index in [1.165, 1.54) is 0 Å². The van der Waals surface area contributed by atoms with Crippen LogP contribution < -0.4 is 11.1 Å². The average Bonchev–Trinajstić information content (AvgIpc) is 2.55. The van der Waals surface area contributed by atoms with Gasteiger partial charge in [0.05, 0.1) is 0 Å². The number of primary amides is 1. The first-order chi connectivity index (χ1) is 11.6. The maximum absolute atomic E-state index is 11.2. The predicted octanol–water partition coefficient (Wildman–Crippen LogP) is 2.44. The molecule has 0 aliphatic carbocycles. The van der Waals surface area contributed by atoms with Crippen LogP contribution >= 0.6 is 11.6 Å². The van der Waals surface area contributed by atoms with Crippen LogP contribution in [0.2, 0.25) is 5.02 Å². The summed E-state index contributed by atoms with van der Waals surface area (Å²) in [6.07, 6.45) is 3.38. The lowest BCUT2D eigenvalue weighted by Gasteiger charge is -2.34. The third-order valence-corrected chi connectivity index (χ3v) is 4.61. The lowest BCUT2D eigenvalue weighted by molar-refractivity contribution is -0.119. The Morgan fingerprint density at radius 2 is 2.25 bits per heavy atom. The Labute approximate surface area is 149 Å². The van der Waals surface area contributed by atoms with Crippen molar-refractivity contribution < 1.29 is 4.79 Å². The van der Waals surface area contributed by atoms with E-state index >= 15 is 0 Å². The molecule has 1 aliphatic heterocycles. The minimum atomic E-state index is -0.220. The Morgan fingerprint density at radius 1 is 1.46 bits per heavy atom. The summed E-state index contributed by atoms with van der Waals surface area (Å²) in [7, 11) is 0. The Bertz CT molecular complexity index is 576. The number of aliphatic imine (C=N–C) groups is 1. The normalized spacial score (nSPS) is 18.5. The highest BCUT2D eigenvalue weighted by Crippen LogP contribution is 2.20. The lowest BCUT2D eigenvalue weighted by Crippen LogP contribution is -2.47. The quantitative estimate of drug-likeness (QED) is 0.611. The predicted molar refractivity (Wildman–Crippen MR) is 99.2 cm³/mol. The number of hydrogen-bond acceptors (Lipinski definition) is 2. The minimum absolute atomic E-state index is 0.220. The Balaban J connectivity index is 1.97. The van der Waals surface area contributed by atoms with Crippen LogP contribution in [0.5, 0.6) is 0 Å². The summed E-state index contributed by atoms with van der Waals surface area (Å²) in [6.45, 7) is 5.37. The van der Waals surface area contributed by atoms with Crippen molar-refractivity contribution in [3.05, 3.63) is 34.9 Å². The third-order valence-electron chi connectivity index (χ3n) is 4.24. The van der Waals surface area contributed by atoms with Gasteiger partial charge in [-0.25, -0.2) is 0 Å². The number of carbonyl (C=O) groups excluding carboxylic acids is 1. The van der Waals surface area contributed by atoms with Gasteiger partial charge in [-0.15, -0.1) is 0 Å². The number of nitrogens with two attached hydrogens (primary N) is 1. The van der Waals surface area contributed by atoms with Gasteiger partial charge >= 0.3 is 0 Å². The van der Waals surface area contributed by atoms with Crippen LogP contribution in [-0.4, -0.2) is 42.9 Å². The van der Waals surface area contributed by atoms with Crippen molar-refractivity contribution in [1.82, 2.24) is 10.2 Å². The molecule has 1 heterocycles. The fourth-order valence-corrected chi connectivity index (χ4v) is 3.35. The monoisotopic (exact) mass is 350 g/mol. The van der Waals surface area contributed by atoms with E-state index < -0.39 is 0 Å². The zero-order chi connectivity index (χ0) is 17.4. The Morgan fingerprint density at radius 3 is 2.96 bits per heavy atom. The van der Waals surface area contributed by atoms with E-state index in [-0.39, 0.29) is 5.91 Å². The van der Waals surface area contributed by atoms with Gasteiger partial charge in [0, 0.05) is 37.6 Å². The van der Waals surface area contributed by atoms with Crippen LogP contribution in [0.3, 0.4) is 0 Å². The van der Waals surface area contributed by atoms with Crippen LogP contribution in [0.1, 0.15) is 31.7 Å². The fourth-order valence-electron chi connectivity index (χ4n) is 3.12. The summed E-state index contributed by atoms with van der Waals surface area (Å²) >= 11 is 6.20. The number of rotatable bonds is 6. The molecule has 1 aliphatic rings. The first-order valence-electron chi connectivity index (χ1n) is 8.65. The summed E-state index contributed by atoms with van der Waals surface area (Å²) in [5.74, 6) is 1.02. The van der Waals surface area contributed by atoms with Crippen molar-refractivity contribution in [3.63, 3.8) is 0 Å². The highest BCUT2D eigenvalue weighted by molar-refractivity contribution is 6.31. The number of amides is 1. The van der Waals surface area contributed by atoms with E-state index in [2.05, 4.69) is 17.1 Å². The van der Waals surface area contributed by atoms with E-state index in [0.717, 1.165) is 55.4 Å². The molecule has 3 N–H and O–H groups in total. The van der Waals surface area contributed by atoms with Crippen LogP contribution in [-0.2, 0) is 11.2 Å². The molecule has 0 radical (unpaired) electrons. The molecular formula is C18H27ClN4O. The molecule has 1 saturated heterocycles. The second-order valence-corrected chi connectivity index (χ2v) is 6.61. The molecule has 6 heteroatoms. The van der Waals surface area contributed by atoms with Gasteiger partial charge in [-0.1, -0.05) is 29.8 Å². The van der Waals surface area contributed by atoms with Crippen LogP contribution in [0.15, 0.2) is 29.3 Å². The summed E-state index contributed by atoms with van der Waals surface area (Å²) < 4.78 is 0. The first-order valence-corrected chi connectivity index (χ1v) is 9.03. The van der Waals surface area contributed by atoms with E-state index in [9.17, 15) is 4.79 Å². The van der Waals surface area contributed by atoms with E-state index in [1.807, 2.05) is 24.3 Å². The third kappa shape index (κ3) is 5.71. The molecule has 132 valence electrons. The number of likely N-dealkylation sites (tertiary alicyclic amines) is 1. The highest BCUT2D eigenvalue weighted by Gasteiger charge is 2.23. The number of halogens is 1. The molecule has 5 nitrogen and oxygen atoms in total. The molecule has 0 aromatic heterocycles. The SMILES string of the molecule is CCNC(=NCCc1ccccc1Cl)N1CCCC(CC(N)=O)C1. The zero-order valence-electron chi connectivity index (χ0n) is 14.3. The van der Waals surface area contributed by atoms with Gasteiger partial charge in [0.1, 0.15) is 0 Å². The van der Waals surface area contributed by atoms with Crippen molar-refractivity contribution in [2.45, 2.75) is 32.6 Å². The number of guanidine groups is 1. The number of nitrogens with zero attached hydrogens (tertiary/aromatic N) is 2. The van der Waals surface area contributed by atoms with Crippen LogP contribution in [0.25, 0.3) is 0 Å². The number of nitrogens with one attached hydrogen (secondary N) is 1. The molecule has 0 spiro atoms. The second-order valence-electron chi connectivity index (χ2n) is 6.20. The molecule has 2 rings (SSSR count). The van der Waals surface area contributed by atoms with Gasteiger partial charge in [0.15, 0.2) is 5.96 Å². The van der Waals surface area contributed by atoms with Gasteiger partial charge in [0.25, 0.3) is 0 Å². The second kappa shape index (κ2) is 9.52. The van der Waals surface area contributed by atoms with Crippen molar-refractivity contribution in [3.8, 4) is 0 Å². The molecule has 1 amide bonds. The molecule has 1 fully saturated rings. The molecular weight excluding hydrogens is 324 g/mol. The number of benzene rings is 1. The standard InChI is InChI=1S/C18H27ClN4O/c1-2-21-18(22-10-9-15-7-3-4-8-16(15)19)23-11-5-6-14(13-23)12-17(20)24/h3-4,7-8,14H,2,5-6,9-13H2,1H3,(H2,20,24)(H,21,22). The maximum Gasteiger partial charge on any atom is 0.217 e. The summed E-state index contributed by atoms with van der Waals surface area (Å²) in [5, 5.41) is 4.14. The number of piperidine rings is 1. The molecule has 0 bridgehead atoms.